The minimum atomic E-state index is -0.300. The minimum Gasteiger partial charge on any atom is -0.490 e. The van der Waals surface area contributed by atoms with Gasteiger partial charge in [0.25, 0.3) is 11.8 Å². The number of carbonyl (C=O) groups is 2. The zero-order valence-electron chi connectivity index (χ0n) is 16.0. The summed E-state index contributed by atoms with van der Waals surface area (Å²) in [6.07, 6.45) is 0.800. The van der Waals surface area contributed by atoms with Crippen LogP contribution in [-0.4, -0.2) is 24.0 Å². The van der Waals surface area contributed by atoms with E-state index in [0.29, 0.717) is 22.6 Å². The molecule has 2 amide bonds. The number of carbonyl (C=O) groups excluding carboxylic acids is 2. The van der Waals surface area contributed by atoms with E-state index in [0.717, 1.165) is 10.9 Å². The van der Waals surface area contributed by atoms with Gasteiger partial charge in [-0.2, -0.15) is 0 Å². The fourth-order valence-corrected chi connectivity index (χ4v) is 2.74. The zero-order chi connectivity index (χ0) is 20.0. The lowest BCUT2D eigenvalue weighted by atomic mass is 10.1. The Labute approximate surface area is 168 Å². The van der Waals surface area contributed by atoms with Crippen LogP contribution in [0.2, 0.25) is 0 Å². The molecule has 0 aliphatic rings. The predicted molar refractivity (Wildman–Crippen MR) is 112 cm³/mol. The van der Waals surface area contributed by atoms with Gasteiger partial charge < -0.3 is 15.4 Å². The Balaban J connectivity index is 2.20. The third-order valence-electron chi connectivity index (χ3n) is 3.92. The van der Waals surface area contributed by atoms with Crippen molar-refractivity contribution in [3.05, 3.63) is 58.1 Å². The summed E-state index contributed by atoms with van der Waals surface area (Å²) in [6.45, 7) is 7.77. The van der Waals surface area contributed by atoms with Gasteiger partial charge in [-0.1, -0.05) is 28.9 Å². The number of hydrogen-bond donors (Lipinski definition) is 2. The van der Waals surface area contributed by atoms with Crippen molar-refractivity contribution in [1.82, 2.24) is 5.32 Å². The van der Waals surface area contributed by atoms with E-state index in [4.69, 9.17) is 4.74 Å². The van der Waals surface area contributed by atoms with Crippen LogP contribution in [-0.2, 0) is 0 Å². The molecule has 0 heterocycles. The maximum Gasteiger partial charge on any atom is 0.259 e. The van der Waals surface area contributed by atoms with Gasteiger partial charge in [0.15, 0.2) is 0 Å². The molecule has 144 valence electrons. The van der Waals surface area contributed by atoms with Crippen molar-refractivity contribution in [3.63, 3.8) is 0 Å². The quantitative estimate of drug-likeness (QED) is 0.645. The first-order chi connectivity index (χ1) is 12.8. The van der Waals surface area contributed by atoms with Gasteiger partial charge in [-0.15, -0.1) is 0 Å². The van der Waals surface area contributed by atoms with E-state index in [2.05, 4.69) is 26.6 Å². The van der Waals surface area contributed by atoms with E-state index in [1.54, 1.807) is 36.4 Å². The minimum absolute atomic E-state index is 0.0506. The Morgan fingerprint density at radius 2 is 1.81 bits per heavy atom. The molecule has 0 aliphatic heterocycles. The zero-order valence-corrected chi connectivity index (χ0v) is 17.6. The van der Waals surface area contributed by atoms with Crippen molar-refractivity contribution in [2.24, 2.45) is 0 Å². The first-order valence-electron chi connectivity index (χ1n) is 8.98. The molecular formula is C21H25BrN2O3. The number of halogens is 1. The molecule has 2 N–H and O–H groups in total. The van der Waals surface area contributed by atoms with E-state index in [1.807, 2.05) is 33.8 Å². The van der Waals surface area contributed by atoms with Gasteiger partial charge in [0, 0.05) is 21.8 Å². The second-order valence-corrected chi connectivity index (χ2v) is 7.54. The number of benzene rings is 2. The molecule has 27 heavy (non-hydrogen) atoms. The Morgan fingerprint density at radius 3 is 2.48 bits per heavy atom. The van der Waals surface area contributed by atoms with Crippen molar-refractivity contribution in [2.45, 2.75) is 46.3 Å². The fourth-order valence-electron chi connectivity index (χ4n) is 2.38. The fraction of sp³-hybridized carbons (Fsp3) is 0.333. The first-order valence-corrected chi connectivity index (χ1v) is 9.78. The van der Waals surface area contributed by atoms with E-state index in [-0.39, 0.29) is 24.0 Å². The number of ether oxygens (including phenoxy) is 1. The molecule has 2 aromatic carbocycles. The molecule has 5 nitrogen and oxygen atoms in total. The Morgan fingerprint density at radius 1 is 1.07 bits per heavy atom. The van der Waals surface area contributed by atoms with Crippen molar-refractivity contribution < 1.29 is 14.3 Å². The van der Waals surface area contributed by atoms with Crippen molar-refractivity contribution in [2.75, 3.05) is 5.32 Å². The molecule has 0 spiro atoms. The number of hydrogen-bond acceptors (Lipinski definition) is 3. The molecule has 0 radical (unpaired) electrons. The summed E-state index contributed by atoms with van der Waals surface area (Å²) in [5, 5.41) is 5.76. The third-order valence-corrected chi connectivity index (χ3v) is 4.41. The second-order valence-electron chi connectivity index (χ2n) is 6.62. The van der Waals surface area contributed by atoms with Crippen molar-refractivity contribution >= 4 is 33.4 Å². The molecule has 0 bridgehead atoms. The highest BCUT2D eigenvalue weighted by Gasteiger charge is 2.16. The molecule has 0 saturated carbocycles. The van der Waals surface area contributed by atoms with Gasteiger partial charge in [-0.3, -0.25) is 9.59 Å². The van der Waals surface area contributed by atoms with E-state index in [9.17, 15) is 9.59 Å². The molecule has 1 atom stereocenters. The average molecular weight is 433 g/mol. The predicted octanol–water partition coefficient (Wildman–Crippen LogP) is 5.02. The van der Waals surface area contributed by atoms with Gasteiger partial charge in [0.05, 0.1) is 11.7 Å². The lowest BCUT2D eigenvalue weighted by Gasteiger charge is -2.15. The Bertz CT molecular complexity index is 821. The molecule has 0 aliphatic carbocycles. The molecule has 1 unspecified atom stereocenters. The lowest BCUT2D eigenvalue weighted by molar-refractivity contribution is 0.0938. The monoisotopic (exact) mass is 432 g/mol. The summed E-state index contributed by atoms with van der Waals surface area (Å²) in [7, 11) is 0. The van der Waals surface area contributed by atoms with Crippen LogP contribution in [0.25, 0.3) is 0 Å². The number of amides is 2. The average Bonchev–Trinajstić information content (AvgIpc) is 2.62. The normalized spacial score (nSPS) is 11.8. The van der Waals surface area contributed by atoms with Crippen LogP contribution in [0.1, 0.15) is 54.8 Å². The molecular weight excluding hydrogens is 408 g/mol. The maximum absolute atomic E-state index is 12.8. The van der Waals surface area contributed by atoms with E-state index >= 15 is 0 Å². The van der Waals surface area contributed by atoms with Crippen molar-refractivity contribution in [3.8, 4) is 5.75 Å². The lowest BCUT2D eigenvalue weighted by Crippen LogP contribution is -2.31. The molecule has 2 rings (SSSR count). The molecule has 2 aromatic rings. The topological polar surface area (TPSA) is 67.4 Å². The summed E-state index contributed by atoms with van der Waals surface area (Å²) in [5.41, 5.74) is 1.47. The highest BCUT2D eigenvalue weighted by Crippen LogP contribution is 2.25. The standard InChI is InChI=1S/C21H25BrN2O3/c1-5-14(4)23-20(25)15-7-6-8-17(11-15)24-21(26)18-12-16(22)9-10-19(18)27-13(2)3/h6-14H,5H2,1-4H3,(H,23,25)(H,24,26). The smallest absolute Gasteiger partial charge is 0.259 e. The van der Waals surface area contributed by atoms with Gasteiger partial charge in [-0.05, 0) is 63.6 Å². The van der Waals surface area contributed by atoms with Crippen LogP contribution < -0.4 is 15.4 Å². The number of nitrogens with one attached hydrogen (secondary N) is 2. The van der Waals surface area contributed by atoms with Crippen LogP contribution in [0.5, 0.6) is 5.75 Å². The number of anilines is 1. The van der Waals surface area contributed by atoms with Gasteiger partial charge in [0.2, 0.25) is 0 Å². The summed E-state index contributed by atoms with van der Waals surface area (Å²) < 4.78 is 6.51. The van der Waals surface area contributed by atoms with Gasteiger partial charge in [-0.25, -0.2) is 0 Å². The highest BCUT2D eigenvalue weighted by atomic mass is 79.9. The largest absolute Gasteiger partial charge is 0.490 e. The maximum atomic E-state index is 12.8. The van der Waals surface area contributed by atoms with E-state index in [1.165, 1.54) is 0 Å². The number of rotatable bonds is 7. The summed E-state index contributed by atoms with van der Waals surface area (Å²) in [5.74, 6) is 0.0505. The van der Waals surface area contributed by atoms with Crippen LogP contribution in [0.15, 0.2) is 46.9 Å². The van der Waals surface area contributed by atoms with E-state index < -0.39 is 0 Å². The second kappa shape index (κ2) is 9.55. The SMILES string of the molecule is CCC(C)NC(=O)c1cccc(NC(=O)c2cc(Br)ccc2OC(C)C)c1. The molecule has 0 saturated heterocycles. The van der Waals surface area contributed by atoms with Crippen LogP contribution in [0.3, 0.4) is 0 Å². The Hall–Kier alpha value is -2.34. The van der Waals surface area contributed by atoms with Crippen LogP contribution >= 0.6 is 15.9 Å². The van der Waals surface area contributed by atoms with Crippen LogP contribution in [0.4, 0.5) is 5.69 Å². The summed E-state index contributed by atoms with van der Waals surface area (Å²) in [4.78, 5) is 25.1. The molecule has 0 aromatic heterocycles. The molecule has 0 fully saturated rings. The first kappa shape index (κ1) is 21.0. The summed E-state index contributed by atoms with van der Waals surface area (Å²) in [6, 6.07) is 12.3. The van der Waals surface area contributed by atoms with Gasteiger partial charge in [0.1, 0.15) is 5.75 Å². The van der Waals surface area contributed by atoms with Gasteiger partial charge >= 0.3 is 0 Å². The molecule has 6 heteroatoms. The third kappa shape index (κ3) is 6.10. The van der Waals surface area contributed by atoms with Crippen molar-refractivity contribution in [1.29, 1.82) is 0 Å². The summed E-state index contributed by atoms with van der Waals surface area (Å²) >= 11 is 3.39. The van der Waals surface area contributed by atoms with Crippen LogP contribution in [0, 0.1) is 0 Å². The Kier molecular flexibility index (Phi) is 7.42. The highest BCUT2D eigenvalue weighted by molar-refractivity contribution is 9.10.